The average Bonchev–Trinajstić information content (AvgIpc) is 2.80. The SMILES string of the molecule is COc1ccc(CC(=O)NC(Cc2ccccc2)C(=O)NC(C)c2ccccc2)cc1. The normalized spacial score (nSPS) is 12.5. The second kappa shape index (κ2) is 11.0. The van der Waals surface area contributed by atoms with E-state index in [1.807, 2.05) is 91.9 Å². The molecule has 0 aromatic heterocycles. The molecule has 2 unspecified atom stereocenters. The molecule has 5 heteroatoms. The summed E-state index contributed by atoms with van der Waals surface area (Å²) in [5.41, 5.74) is 2.86. The van der Waals surface area contributed by atoms with Crippen LogP contribution in [0, 0.1) is 0 Å². The molecule has 0 fully saturated rings. The van der Waals surface area contributed by atoms with Crippen LogP contribution in [0.5, 0.6) is 5.75 Å². The molecular weight excluding hydrogens is 388 g/mol. The van der Waals surface area contributed by atoms with Crippen molar-refractivity contribution in [1.82, 2.24) is 10.6 Å². The Bertz CT molecular complexity index is 973. The van der Waals surface area contributed by atoms with E-state index < -0.39 is 6.04 Å². The molecule has 0 saturated heterocycles. The second-order valence-electron chi connectivity index (χ2n) is 7.48. The number of carbonyl (C=O) groups excluding carboxylic acids is 2. The minimum Gasteiger partial charge on any atom is -0.497 e. The van der Waals surface area contributed by atoms with Crippen LogP contribution in [0.2, 0.25) is 0 Å². The molecule has 2 amide bonds. The van der Waals surface area contributed by atoms with Crippen LogP contribution < -0.4 is 15.4 Å². The lowest BCUT2D eigenvalue weighted by Crippen LogP contribution is -2.49. The van der Waals surface area contributed by atoms with Gasteiger partial charge >= 0.3 is 0 Å². The van der Waals surface area contributed by atoms with Crippen LogP contribution in [0.15, 0.2) is 84.9 Å². The van der Waals surface area contributed by atoms with Crippen molar-refractivity contribution in [3.63, 3.8) is 0 Å². The number of hydrogen-bond donors (Lipinski definition) is 2. The third-order valence-corrected chi connectivity index (χ3v) is 5.12. The van der Waals surface area contributed by atoms with Gasteiger partial charge in [0.15, 0.2) is 0 Å². The van der Waals surface area contributed by atoms with Gasteiger partial charge in [-0.05, 0) is 35.7 Å². The van der Waals surface area contributed by atoms with Gasteiger partial charge in [0.2, 0.25) is 11.8 Å². The summed E-state index contributed by atoms with van der Waals surface area (Å²) in [5, 5.41) is 5.95. The maximum absolute atomic E-state index is 13.1. The maximum Gasteiger partial charge on any atom is 0.243 e. The molecule has 160 valence electrons. The number of amides is 2. The first-order valence-corrected chi connectivity index (χ1v) is 10.4. The third kappa shape index (κ3) is 6.71. The lowest BCUT2D eigenvalue weighted by molar-refractivity contribution is -0.129. The van der Waals surface area contributed by atoms with Crippen molar-refractivity contribution in [2.75, 3.05) is 7.11 Å². The largest absolute Gasteiger partial charge is 0.497 e. The first kappa shape index (κ1) is 22.1. The second-order valence-corrected chi connectivity index (χ2v) is 7.48. The van der Waals surface area contributed by atoms with Crippen molar-refractivity contribution in [1.29, 1.82) is 0 Å². The van der Waals surface area contributed by atoms with Crippen molar-refractivity contribution in [2.45, 2.75) is 31.8 Å². The molecule has 2 atom stereocenters. The average molecular weight is 417 g/mol. The zero-order valence-corrected chi connectivity index (χ0v) is 17.9. The summed E-state index contributed by atoms with van der Waals surface area (Å²) in [6.45, 7) is 1.94. The zero-order chi connectivity index (χ0) is 22.1. The number of ether oxygens (including phenoxy) is 1. The predicted molar refractivity (Wildman–Crippen MR) is 122 cm³/mol. The smallest absolute Gasteiger partial charge is 0.243 e. The first-order chi connectivity index (χ1) is 15.0. The van der Waals surface area contributed by atoms with Gasteiger partial charge in [0.1, 0.15) is 11.8 Å². The summed E-state index contributed by atoms with van der Waals surface area (Å²) in [5.74, 6) is 0.331. The Hall–Kier alpha value is -3.60. The minimum atomic E-state index is -0.667. The van der Waals surface area contributed by atoms with E-state index in [0.29, 0.717) is 6.42 Å². The highest BCUT2D eigenvalue weighted by molar-refractivity contribution is 5.88. The van der Waals surface area contributed by atoms with Gasteiger partial charge in [-0.25, -0.2) is 0 Å². The van der Waals surface area contributed by atoms with E-state index in [1.165, 1.54) is 0 Å². The quantitative estimate of drug-likeness (QED) is 0.557. The maximum atomic E-state index is 13.1. The van der Waals surface area contributed by atoms with Crippen molar-refractivity contribution >= 4 is 11.8 Å². The summed E-state index contributed by atoms with van der Waals surface area (Å²) in [7, 11) is 1.60. The molecule has 0 aliphatic carbocycles. The Kier molecular flexibility index (Phi) is 7.82. The lowest BCUT2D eigenvalue weighted by atomic mass is 10.0. The number of methoxy groups -OCH3 is 1. The molecule has 31 heavy (non-hydrogen) atoms. The van der Waals surface area contributed by atoms with Crippen molar-refractivity contribution in [3.05, 3.63) is 102 Å². The van der Waals surface area contributed by atoms with Gasteiger partial charge in [-0.1, -0.05) is 72.8 Å². The standard InChI is InChI=1S/C26H28N2O3/c1-19(22-11-7-4-8-12-22)27-26(30)24(17-20-9-5-3-6-10-20)28-25(29)18-21-13-15-23(31-2)16-14-21/h3-16,19,24H,17-18H2,1-2H3,(H,27,30)(H,28,29). The van der Waals surface area contributed by atoms with E-state index in [1.54, 1.807) is 7.11 Å². The molecule has 0 bridgehead atoms. The van der Waals surface area contributed by atoms with Crippen LogP contribution in [0.3, 0.4) is 0 Å². The summed E-state index contributed by atoms with van der Waals surface area (Å²) < 4.78 is 5.16. The Morgan fingerprint density at radius 3 is 2.03 bits per heavy atom. The summed E-state index contributed by atoms with van der Waals surface area (Å²) in [6, 6.07) is 26.0. The van der Waals surface area contributed by atoms with E-state index >= 15 is 0 Å². The Labute approximate surface area is 183 Å². The van der Waals surface area contributed by atoms with Crippen molar-refractivity contribution in [2.24, 2.45) is 0 Å². The van der Waals surface area contributed by atoms with Crippen molar-refractivity contribution < 1.29 is 14.3 Å². The Morgan fingerprint density at radius 2 is 1.42 bits per heavy atom. The van der Waals surface area contributed by atoms with Gasteiger partial charge in [-0.15, -0.1) is 0 Å². The van der Waals surface area contributed by atoms with E-state index in [4.69, 9.17) is 4.74 Å². The van der Waals surface area contributed by atoms with Crippen LogP contribution in [-0.4, -0.2) is 25.0 Å². The third-order valence-electron chi connectivity index (χ3n) is 5.12. The molecule has 0 aliphatic rings. The highest BCUT2D eigenvalue weighted by Gasteiger charge is 2.23. The summed E-state index contributed by atoms with van der Waals surface area (Å²) in [6.07, 6.45) is 0.610. The number of rotatable bonds is 9. The Morgan fingerprint density at radius 1 is 0.806 bits per heavy atom. The zero-order valence-electron chi connectivity index (χ0n) is 17.9. The van der Waals surface area contributed by atoms with Crippen LogP contribution in [0.1, 0.15) is 29.7 Å². The fourth-order valence-electron chi connectivity index (χ4n) is 3.37. The first-order valence-electron chi connectivity index (χ1n) is 10.4. The Balaban J connectivity index is 1.69. The molecule has 0 radical (unpaired) electrons. The van der Waals surface area contributed by atoms with E-state index in [2.05, 4.69) is 10.6 Å². The number of benzene rings is 3. The molecule has 0 spiro atoms. The predicted octanol–water partition coefficient (Wildman–Crippen LogP) is 3.84. The molecule has 2 N–H and O–H groups in total. The summed E-state index contributed by atoms with van der Waals surface area (Å²) >= 11 is 0. The highest BCUT2D eigenvalue weighted by Crippen LogP contribution is 2.14. The number of nitrogens with one attached hydrogen (secondary N) is 2. The molecule has 3 aromatic carbocycles. The van der Waals surface area contributed by atoms with Gasteiger partial charge in [-0.3, -0.25) is 9.59 Å². The molecule has 0 aliphatic heterocycles. The van der Waals surface area contributed by atoms with Crippen LogP contribution in [0.25, 0.3) is 0 Å². The van der Waals surface area contributed by atoms with E-state index in [9.17, 15) is 9.59 Å². The molecule has 3 rings (SSSR count). The lowest BCUT2D eigenvalue weighted by Gasteiger charge is -2.22. The van der Waals surface area contributed by atoms with Crippen LogP contribution in [-0.2, 0) is 22.4 Å². The fourth-order valence-corrected chi connectivity index (χ4v) is 3.37. The van der Waals surface area contributed by atoms with Gasteiger partial charge in [0.25, 0.3) is 0 Å². The van der Waals surface area contributed by atoms with Gasteiger partial charge < -0.3 is 15.4 Å². The highest BCUT2D eigenvalue weighted by atomic mass is 16.5. The number of hydrogen-bond acceptors (Lipinski definition) is 3. The van der Waals surface area contributed by atoms with Gasteiger partial charge in [0, 0.05) is 6.42 Å². The van der Waals surface area contributed by atoms with Gasteiger partial charge in [-0.2, -0.15) is 0 Å². The number of carbonyl (C=O) groups is 2. The van der Waals surface area contributed by atoms with E-state index in [0.717, 1.165) is 22.4 Å². The minimum absolute atomic E-state index is 0.162. The van der Waals surface area contributed by atoms with Crippen LogP contribution >= 0.6 is 0 Å². The summed E-state index contributed by atoms with van der Waals surface area (Å²) in [4.78, 5) is 25.8. The van der Waals surface area contributed by atoms with Gasteiger partial charge in [0.05, 0.1) is 19.6 Å². The molecular formula is C26H28N2O3. The topological polar surface area (TPSA) is 67.4 Å². The molecule has 5 nitrogen and oxygen atoms in total. The van der Waals surface area contributed by atoms with E-state index in [-0.39, 0.29) is 24.3 Å². The monoisotopic (exact) mass is 416 g/mol. The molecule has 0 saturated carbocycles. The van der Waals surface area contributed by atoms with Crippen molar-refractivity contribution in [3.8, 4) is 5.75 Å². The molecule has 0 heterocycles. The molecule has 3 aromatic rings. The van der Waals surface area contributed by atoms with Crippen LogP contribution in [0.4, 0.5) is 0 Å². The fraction of sp³-hybridized carbons (Fsp3) is 0.231.